The van der Waals surface area contributed by atoms with Crippen molar-refractivity contribution in [3.8, 4) is 0 Å². The molecule has 0 radical (unpaired) electrons. The van der Waals surface area contributed by atoms with Gasteiger partial charge in [-0.25, -0.2) is 17.9 Å². The topological polar surface area (TPSA) is 113 Å². The molecule has 146 valence electrons. The lowest BCUT2D eigenvalue weighted by atomic mass is 9.92. The fraction of sp³-hybridized carbons (Fsp3) is 0.444. The van der Waals surface area contributed by atoms with E-state index in [1.54, 1.807) is 51.1 Å². The smallest absolute Gasteiger partial charge is 0.356 e. The Balaban J connectivity index is 1.68. The molecule has 2 heterocycles. The zero-order chi connectivity index (χ0) is 20.0. The van der Waals surface area contributed by atoms with E-state index in [0.29, 0.717) is 5.56 Å². The van der Waals surface area contributed by atoms with Crippen LogP contribution in [0.1, 0.15) is 26.3 Å². The van der Waals surface area contributed by atoms with Gasteiger partial charge in [-0.1, -0.05) is 51.1 Å². The van der Waals surface area contributed by atoms with Gasteiger partial charge in [0, 0.05) is 12.0 Å². The molecular formula is C18H22N2O6S. The van der Waals surface area contributed by atoms with Crippen molar-refractivity contribution in [3.63, 3.8) is 0 Å². The summed E-state index contributed by atoms with van der Waals surface area (Å²) in [5, 5.41) is 9.45. The van der Waals surface area contributed by atoms with Crippen molar-refractivity contribution >= 4 is 21.9 Å². The number of allylic oxidation sites excluding steroid dienone is 1. The number of carbonyl (C=O) groups excluding carboxylic acids is 1. The predicted octanol–water partition coefficient (Wildman–Crippen LogP) is 1.26. The highest BCUT2D eigenvalue weighted by atomic mass is 32.2. The number of ether oxygens (including phenoxy) is 1. The Morgan fingerprint density at radius 3 is 2.44 bits per heavy atom. The third-order valence-electron chi connectivity index (χ3n) is 4.45. The molecule has 0 spiro atoms. The standard InChI is InChI=1S/C18H22N2O6S/c1-18(2,3)14-13(17(22)23)20-15(21)12(16(20)26-14)9-19-27(24,25)10-11-7-5-4-6-8-11/h4-8,12,16,19H,9-10H2,1-3H3,(H,22,23)/t12-,16+/m0/s1. The largest absolute Gasteiger partial charge is 0.476 e. The van der Waals surface area contributed by atoms with Gasteiger partial charge < -0.3 is 9.84 Å². The molecule has 3 rings (SSSR count). The summed E-state index contributed by atoms with van der Waals surface area (Å²) in [4.78, 5) is 25.1. The van der Waals surface area contributed by atoms with Gasteiger partial charge in [0.25, 0.3) is 0 Å². The second kappa shape index (κ2) is 6.65. The van der Waals surface area contributed by atoms with Gasteiger partial charge in [0.15, 0.2) is 11.9 Å². The third-order valence-corrected chi connectivity index (χ3v) is 5.77. The number of benzene rings is 1. The quantitative estimate of drug-likeness (QED) is 0.703. The molecule has 0 bridgehead atoms. The minimum atomic E-state index is -3.64. The first kappa shape index (κ1) is 19.4. The number of aliphatic carboxylic acids is 1. The monoisotopic (exact) mass is 394 g/mol. The van der Waals surface area contributed by atoms with Crippen LogP contribution < -0.4 is 4.72 Å². The van der Waals surface area contributed by atoms with E-state index < -0.39 is 39.5 Å². The van der Waals surface area contributed by atoms with E-state index in [4.69, 9.17) is 4.74 Å². The summed E-state index contributed by atoms with van der Waals surface area (Å²) in [5.41, 5.74) is -0.127. The molecule has 1 aromatic rings. The highest BCUT2D eigenvalue weighted by Gasteiger charge is 2.58. The molecule has 1 fully saturated rings. The molecule has 2 atom stereocenters. The van der Waals surface area contributed by atoms with E-state index in [1.165, 1.54) is 0 Å². The van der Waals surface area contributed by atoms with E-state index in [-0.39, 0.29) is 23.8 Å². The number of β-lactam (4-membered cyclic amide) rings is 1. The van der Waals surface area contributed by atoms with Crippen molar-refractivity contribution in [2.45, 2.75) is 32.8 Å². The molecule has 2 aliphatic rings. The second-order valence-electron chi connectivity index (χ2n) is 7.65. The Hall–Kier alpha value is -2.39. The Morgan fingerprint density at radius 2 is 1.89 bits per heavy atom. The van der Waals surface area contributed by atoms with Crippen LogP contribution in [-0.2, 0) is 30.1 Å². The first-order chi connectivity index (χ1) is 12.5. The van der Waals surface area contributed by atoms with Gasteiger partial charge in [-0.05, 0) is 5.56 Å². The Bertz CT molecular complexity index is 902. The number of carboxylic acid groups (broad SMARTS) is 1. The zero-order valence-corrected chi connectivity index (χ0v) is 16.1. The third kappa shape index (κ3) is 3.70. The highest BCUT2D eigenvalue weighted by Crippen LogP contribution is 2.45. The van der Waals surface area contributed by atoms with Gasteiger partial charge in [-0.15, -0.1) is 0 Å². The van der Waals surface area contributed by atoms with Gasteiger partial charge in [-0.3, -0.25) is 9.69 Å². The maximum absolute atomic E-state index is 12.4. The lowest BCUT2D eigenvalue weighted by molar-refractivity contribution is -0.172. The van der Waals surface area contributed by atoms with Gasteiger partial charge in [-0.2, -0.15) is 0 Å². The van der Waals surface area contributed by atoms with Crippen LogP contribution in [0.5, 0.6) is 0 Å². The number of sulfonamides is 1. The van der Waals surface area contributed by atoms with Crippen LogP contribution in [-0.4, -0.2) is 43.1 Å². The molecule has 1 amide bonds. The van der Waals surface area contributed by atoms with Crippen LogP contribution in [0.25, 0.3) is 0 Å². The molecule has 0 unspecified atom stereocenters. The summed E-state index contributed by atoms with van der Waals surface area (Å²) in [6, 6.07) is 8.69. The van der Waals surface area contributed by atoms with Crippen molar-refractivity contribution in [1.29, 1.82) is 0 Å². The molecule has 8 nitrogen and oxygen atoms in total. The average molecular weight is 394 g/mol. The Kier molecular flexibility index (Phi) is 4.77. The van der Waals surface area contributed by atoms with E-state index in [2.05, 4.69) is 4.72 Å². The number of nitrogens with one attached hydrogen (secondary N) is 1. The van der Waals surface area contributed by atoms with E-state index in [9.17, 15) is 23.1 Å². The van der Waals surface area contributed by atoms with E-state index >= 15 is 0 Å². The summed E-state index contributed by atoms with van der Waals surface area (Å²) in [5.74, 6) is -2.43. The summed E-state index contributed by atoms with van der Waals surface area (Å²) in [6.07, 6.45) is -0.794. The summed E-state index contributed by atoms with van der Waals surface area (Å²) in [6.45, 7) is 5.23. The summed E-state index contributed by atoms with van der Waals surface area (Å²) < 4.78 is 32.7. The molecule has 2 N–H and O–H groups in total. The van der Waals surface area contributed by atoms with Gasteiger partial charge in [0.2, 0.25) is 15.9 Å². The molecule has 2 aliphatic heterocycles. The number of amides is 1. The Morgan fingerprint density at radius 1 is 1.26 bits per heavy atom. The average Bonchev–Trinajstić information content (AvgIpc) is 2.91. The number of carbonyl (C=O) groups is 2. The van der Waals surface area contributed by atoms with Crippen molar-refractivity contribution in [2.75, 3.05) is 6.54 Å². The minimum Gasteiger partial charge on any atom is -0.476 e. The van der Waals surface area contributed by atoms with Crippen LogP contribution in [0.4, 0.5) is 0 Å². The number of hydrogen-bond donors (Lipinski definition) is 2. The van der Waals surface area contributed by atoms with Crippen LogP contribution in [0.15, 0.2) is 41.8 Å². The fourth-order valence-electron chi connectivity index (χ4n) is 3.16. The van der Waals surface area contributed by atoms with Gasteiger partial charge in [0.05, 0.1) is 5.75 Å². The number of rotatable bonds is 6. The molecular weight excluding hydrogens is 372 g/mol. The minimum absolute atomic E-state index is 0.139. The normalized spacial score (nSPS) is 22.3. The molecule has 0 saturated carbocycles. The van der Waals surface area contributed by atoms with Crippen LogP contribution in [0, 0.1) is 11.3 Å². The van der Waals surface area contributed by atoms with Crippen LogP contribution >= 0.6 is 0 Å². The van der Waals surface area contributed by atoms with Crippen molar-refractivity contribution < 1.29 is 27.9 Å². The molecule has 0 aromatic heterocycles. The van der Waals surface area contributed by atoms with Gasteiger partial charge >= 0.3 is 5.97 Å². The number of fused-ring (bicyclic) bond motifs is 1. The number of nitrogens with zero attached hydrogens (tertiary/aromatic N) is 1. The molecule has 1 saturated heterocycles. The van der Waals surface area contributed by atoms with Crippen LogP contribution in [0.2, 0.25) is 0 Å². The summed E-state index contributed by atoms with van der Waals surface area (Å²) >= 11 is 0. The maximum Gasteiger partial charge on any atom is 0.356 e. The SMILES string of the molecule is CC(C)(C)C1=C(C(=O)O)N2C(=O)[C@H](CNS(=O)(=O)Cc3ccccc3)[C@H]2O1. The van der Waals surface area contributed by atoms with Crippen molar-refractivity contribution in [3.05, 3.63) is 47.4 Å². The van der Waals surface area contributed by atoms with E-state index in [0.717, 1.165) is 4.90 Å². The summed E-state index contributed by atoms with van der Waals surface area (Å²) in [7, 11) is -3.64. The molecule has 9 heteroatoms. The fourth-order valence-corrected chi connectivity index (χ4v) is 4.33. The Labute approximate surface area is 157 Å². The van der Waals surface area contributed by atoms with E-state index in [1.807, 2.05) is 0 Å². The zero-order valence-electron chi connectivity index (χ0n) is 15.3. The lowest BCUT2D eigenvalue weighted by Crippen LogP contribution is -2.62. The van der Waals surface area contributed by atoms with Crippen molar-refractivity contribution in [1.82, 2.24) is 9.62 Å². The molecule has 27 heavy (non-hydrogen) atoms. The molecule has 0 aliphatic carbocycles. The number of hydrogen-bond acceptors (Lipinski definition) is 5. The first-order valence-electron chi connectivity index (χ1n) is 8.50. The lowest BCUT2D eigenvalue weighted by Gasteiger charge is -2.41. The van der Waals surface area contributed by atoms with Crippen LogP contribution in [0.3, 0.4) is 0 Å². The maximum atomic E-state index is 12.4. The van der Waals surface area contributed by atoms with Crippen molar-refractivity contribution in [2.24, 2.45) is 11.3 Å². The predicted molar refractivity (Wildman–Crippen MR) is 96.4 cm³/mol. The van der Waals surface area contributed by atoms with Gasteiger partial charge in [0.1, 0.15) is 11.7 Å². The number of carboxylic acids is 1. The molecule has 1 aromatic carbocycles. The first-order valence-corrected chi connectivity index (χ1v) is 10.2. The second-order valence-corrected chi connectivity index (χ2v) is 9.46. The highest BCUT2D eigenvalue weighted by molar-refractivity contribution is 7.88.